The molecule has 0 aliphatic carbocycles. The number of aliphatic hydroxyl groups is 1. The number of carbonyl (C=O) groups is 2. The number of thioether (sulfide) groups is 1. The second-order valence-corrected chi connectivity index (χ2v) is 5.53. The number of aliphatic carboxylic acids is 1. The van der Waals surface area contributed by atoms with E-state index in [2.05, 4.69) is 5.32 Å². The van der Waals surface area contributed by atoms with Gasteiger partial charge in [-0.1, -0.05) is 18.2 Å². The number of carboxylic acid groups (broad SMARTS) is 1. The lowest BCUT2D eigenvalue weighted by molar-refractivity contribution is -0.144. The van der Waals surface area contributed by atoms with Crippen molar-refractivity contribution in [2.75, 3.05) is 5.75 Å². The number of carbonyl (C=O) groups excluding carboxylic acids is 1. The summed E-state index contributed by atoms with van der Waals surface area (Å²) in [4.78, 5) is 24.1. The van der Waals surface area contributed by atoms with Gasteiger partial charge in [0.15, 0.2) is 6.04 Å². The average Bonchev–Trinajstić information content (AvgIpc) is 2.78. The van der Waals surface area contributed by atoms with Gasteiger partial charge in [0.25, 0.3) is 0 Å². The maximum absolute atomic E-state index is 12.1. The van der Waals surface area contributed by atoms with Gasteiger partial charge in [-0.2, -0.15) is 0 Å². The minimum atomic E-state index is -1.27. The minimum Gasteiger partial charge on any atom is -0.480 e. The highest BCUT2D eigenvalue weighted by Gasteiger charge is 2.33. The number of hydrogen-bond acceptors (Lipinski definition) is 4. The Morgan fingerprint density at radius 1 is 1.42 bits per heavy atom. The third-order valence-electron chi connectivity index (χ3n) is 3.06. The maximum atomic E-state index is 12.1. The van der Waals surface area contributed by atoms with Gasteiger partial charge in [-0.3, -0.25) is 4.79 Å². The van der Waals surface area contributed by atoms with E-state index in [-0.39, 0.29) is 11.8 Å². The SMILES string of the molecule is CC(O)C(NC(=O)C1CSc2ccccc21)C(=O)O. The summed E-state index contributed by atoms with van der Waals surface area (Å²) in [6, 6.07) is 6.30. The first-order valence-corrected chi connectivity index (χ1v) is 6.92. The van der Waals surface area contributed by atoms with Crippen LogP contribution in [-0.2, 0) is 9.59 Å². The highest BCUT2D eigenvalue weighted by atomic mass is 32.2. The summed E-state index contributed by atoms with van der Waals surface area (Å²) in [5, 5.41) is 20.7. The smallest absolute Gasteiger partial charge is 0.328 e. The molecule has 0 saturated carbocycles. The number of amides is 1. The van der Waals surface area contributed by atoms with E-state index in [1.165, 1.54) is 6.92 Å². The molecule has 1 heterocycles. The normalized spacial score (nSPS) is 20.4. The van der Waals surface area contributed by atoms with E-state index in [1.807, 2.05) is 24.3 Å². The summed E-state index contributed by atoms with van der Waals surface area (Å²) in [5.41, 5.74) is 0.916. The lowest BCUT2D eigenvalue weighted by Crippen LogP contribution is -2.49. The molecule has 1 aliphatic rings. The fourth-order valence-corrected chi connectivity index (χ4v) is 3.25. The van der Waals surface area contributed by atoms with Crippen LogP contribution >= 0.6 is 11.8 Å². The molecule has 1 aromatic carbocycles. The Balaban J connectivity index is 2.12. The molecule has 0 saturated heterocycles. The van der Waals surface area contributed by atoms with Crippen LogP contribution in [0.2, 0.25) is 0 Å². The lowest BCUT2D eigenvalue weighted by atomic mass is 10.00. The Bertz CT molecular complexity index is 503. The van der Waals surface area contributed by atoms with Crippen LogP contribution in [0.4, 0.5) is 0 Å². The molecule has 3 N–H and O–H groups in total. The van der Waals surface area contributed by atoms with Crippen molar-refractivity contribution >= 4 is 23.6 Å². The predicted molar refractivity (Wildman–Crippen MR) is 71.2 cm³/mol. The van der Waals surface area contributed by atoms with E-state index in [4.69, 9.17) is 5.11 Å². The van der Waals surface area contributed by atoms with Crippen molar-refractivity contribution in [2.45, 2.75) is 29.9 Å². The summed E-state index contributed by atoms with van der Waals surface area (Å²) in [6.45, 7) is 1.34. The van der Waals surface area contributed by atoms with Gasteiger partial charge in [0.1, 0.15) is 0 Å². The number of aliphatic hydroxyl groups excluding tert-OH is 1. The molecule has 6 heteroatoms. The Hall–Kier alpha value is -1.53. The highest BCUT2D eigenvalue weighted by Crippen LogP contribution is 2.39. The van der Waals surface area contributed by atoms with Crippen LogP contribution in [0.5, 0.6) is 0 Å². The monoisotopic (exact) mass is 281 g/mol. The van der Waals surface area contributed by atoms with Crippen molar-refractivity contribution in [3.05, 3.63) is 29.8 Å². The van der Waals surface area contributed by atoms with Crippen molar-refractivity contribution in [1.82, 2.24) is 5.32 Å². The molecule has 0 bridgehead atoms. The van der Waals surface area contributed by atoms with Crippen LogP contribution in [0.1, 0.15) is 18.4 Å². The maximum Gasteiger partial charge on any atom is 0.328 e. The standard InChI is InChI=1S/C13H15NO4S/c1-7(15)11(13(17)18)14-12(16)9-6-19-10-5-3-2-4-8(9)10/h2-5,7,9,11,15H,6H2,1H3,(H,14,16)(H,17,18). The van der Waals surface area contributed by atoms with Gasteiger partial charge in [-0.15, -0.1) is 11.8 Å². The van der Waals surface area contributed by atoms with Crippen molar-refractivity contribution < 1.29 is 19.8 Å². The van der Waals surface area contributed by atoms with E-state index in [0.29, 0.717) is 5.75 Å². The summed E-state index contributed by atoms with van der Waals surface area (Å²) in [5.74, 6) is -1.35. The summed E-state index contributed by atoms with van der Waals surface area (Å²) >= 11 is 1.58. The first-order valence-electron chi connectivity index (χ1n) is 5.93. The lowest BCUT2D eigenvalue weighted by Gasteiger charge is -2.19. The largest absolute Gasteiger partial charge is 0.480 e. The Labute approximate surface area is 115 Å². The third-order valence-corrected chi connectivity index (χ3v) is 4.25. The van der Waals surface area contributed by atoms with E-state index in [1.54, 1.807) is 11.8 Å². The molecule has 5 nitrogen and oxygen atoms in total. The third kappa shape index (κ3) is 2.90. The first kappa shape index (κ1) is 13.9. The van der Waals surface area contributed by atoms with Crippen molar-refractivity contribution in [2.24, 2.45) is 0 Å². The molecular weight excluding hydrogens is 266 g/mol. The van der Waals surface area contributed by atoms with Crippen molar-refractivity contribution in [3.8, 4) is 0 Å². The molecular formula is C13H15NO4S. The van der Waals surface area contributed by atoms with Crippen LogP contribution in [0.3, 0.4) is 0 Å². The van der Waals surface area contributed by atoms with E-state index in [9.17, 15) is 14.7 Å². The molecule has 0 aromatic heterocycles. The molecule has 3 unspecified atom stereocenters. The van der Waals surface area contributed by atoms with Gasteiger partial charge < -0.3 is 15.5 Å². The second kappa shape index (κ2) is 5.63. The van der Waals surface area contributed by atoms with Crippen molar-refractivity contribution in [3.63, 3.8) is 0 Å². The van der Waals surface area contributed by atoms with Gasteiger partial charge in [0.2, 0.25) is 5.91 Å². The predicted octanol–water partition coefficient (Wildman–Crippen LogP) is 0.826. The molecule has 1 aromatic rings. The average molecular weight is 281 g/mol. The zero-order valence-corrected chi connectivity index (χ0v) is 11.2. The van der Waals surface area contributed by atoms with Crippen LogP contribution in [0.15, 0.2) is 29.2 Å². The van der Waals surface area contributed by atoms with Gasteiger partial charge in [0.05, 0.1) is 12.0 Å². The first-order chi connectivity index (χ1) is 9.00. The molecule has 1 amide bonds. The molecule has 1 aliphatic heterocycles. The van der Waals surface area contributed by atoms with Crippen LogP contribution in [-0.4, -0.2) is 40.0 Å². The van der Waals surface area contributed by atoms with E-state index < -0.39 is 18.1 Å². The molecule has 102 valence electrons. The van der Waals surface area contributed by atoms with Gasteiger partial charge >= 0.3 is 5.97 Å². The Kier molecular flexibility index (Phi) is 4.11. The number of hydrogen-bond donors (Lipinski definition) is 3. The molecule has 19 heavy (non-hydrogen) atoms. The quantitative estimate of drug-likeness (QED) is 0.761. The van der Waals surface area contributed by atoms with Gasteiger partial charge in [-0.25, -0.2) is 4.79 Å². The van der Waals surface area contributed by atoms with Crippen LogP contribution < -0.4 is 5.32 Å². The Morgan fingerprint density at radius 2 is 2.11 bits per heavy atom. The minimum absolute atomic E-state index is 0.356. The number of nitrogens with one attached hydrogen (secondary N) is 1. The van der Waals surface area contributed by atoms with Crippen molar-refractivity contribution in [1.29, 1.82) is 0 Å². The Morgan fingerprint density at radius 3 is 2.74 bits per heavy atom. The fourth-order valence-electron chi connectivity index (χ4n) is 2.02. The molecule has 0 spiro atoms. The molecule has 0 fully saturated rings. The molecule has 0 radical (unpaired) electrons. The molecule has 3 atom stereocenters. The number of rotatable bonds is 4. The highest BCUT2D eigenvalue weighted by molar-refractivity contribution is 7.99. The van der Waals surface area contributed by atoms with Crippen LogP contribution in [0, 0.1) is 0 Å². The van der Waals surface area contributed by atoms with Crippen LogP contribution in [0.25, 0.3) is 0 Å². The molecule has 2 rings (SSSR count). The zero-order chi connectivity index (χ0) is 14.0. The second-order valence-electron chi connectivity index (χ2n) is 4.47. The number of fused-ring (bicyclic) bond motifs is 1. The van der Waals surface area contributed by atoms with E-state index in [0.717, 1.165) is 10.5 Å². The fraction of sp³-hybridized carbons (Fsp3) is 0.385. The number of benzene rings is 1. The van der Waals surface area contributed by atoms with E-state index >= 15 is 0 Å². The van der Waals surface area contributed by atoms with Gasteiger partial charge in [0, 0.05) is 10.6 Å². The summed E-state index contributed by atoms with van der Waals surface area (Å²) in [7, 11) is 0. The van der Waals surface area contributed by atoms with Gasteiger partial charge in [-0.05, 0) is 18.6 Å². The summed E-state index contributed by atoms with van der Waals surface area (Å²) in [6.07, 6.45) is -1.13. The zero-order valence-electron chi connectivity index (χ0n) is 10.4. The topological polar surface area (TPSA) is 86.6 Å². The number of carboxylic acids is 1. The summed E-state index contributed by atoms with van der Waals surface area (Å²) < 4.78 is 0.